The predicted molar refractivity (Wildman–Crippen MR) is 162 cm³/mol. The number of rotatable bonds is 9. The van der Waals surface area contributed by atoms with E-state index in [1.165, 1.54) is 14.2 Å². The van der Waals surface area contributed by atoms with Crippen LogP contribution in [0.4, 0.5) is 18.0 Å². The van der Waals surface area contributed by atoms with Crippen LogP contribution in [0.25, 0.3) is 0 Å². The van der Waals surface area contributed by atoms with Gasteiger partial charge in [0.1, 0.15) is 0 Å². The van der Waals surface area contributed by atoms with E-state index in [1.807, 2.05) is 41.3 Å². The topological polar surface area (TPSA) is 83.5 Å². The van der Waals surface area contributed by atoms with E-state index in [9.17, 15) is 18.0 Å². The van der Waals surface area contributed by atoms with Gasteiger partial charge in [0.2, 0.25) is 11.8 Å². The van der Waals surface area contributed by atoms with Gasteiger partial charge in [0.05, 0.1) is 19.8 Å². The van der Waals surface area contributed by atoms with Gasteiger partial charge in [0.25, 0.3) is 0 Å². The van der Waals surface area contributed by atoms with Gasteiger partial charge in [-0.3, -0.25) is 9.80 Å². The van der Waals surface area contributed by atoms with Gasteiger partial charge < -0.3 is 24.0 Å². The fourth-order valence-corrected chi connectivity index (χ4v) is 6.36. The Balaban J connectivity index is 1.54. The average Bonchev–Trinajstić information content (AvgIpc) is 3.04. The number of hydrogen-bond acceptors (Lipinski definition) is 8. The molecule has 2 aromatic carbocycles. The molecule has 0 aliphatic carbocycles. The number of hydrogen-bond donors (Lipinski definition) is 0. The third kappa shape index (κ3) is 7.59. The largest absolute Gasteiger partial charge is 0.481 e. The number of carbonyl (C=O) groups is 1. The number of urea groups is 1. The minimum atomic E-state index is -4.57. The number of aromatic nitrogens is 2. The van der Waals surface area contributed by atoms with Crippen LogP contribution >= 0.6 is 0 Å². The first-order chi connectivity index (χ1) is 21.6. The van der Waals surface area contributed by atoms with Crippen molar-refractivity contribution in [2.24, 2.45) is 0 Å². The van der Waals surface area contributed by atoms with Crippen molar-refractivity contribution in [1.82, 2.24) is 29.6 Å². The minimum absolute atomic E-state index is 0.0104. The molecule has 2 atom stereocenters. The Kier molecular flexibility index (Phi) is 9.98. The number of halogens is 3. The summed E-state index contributed by atoms with van der Waals surface area (Å²) in [5, 5.41) is 0. The Morgan fingerprint density at radius 3 is 2.09 bits per heavy atom. The quantitative estimate of drug-likeness (QED) is 0.350. The number of amides is 2. The zero-order chi connectivity index (χ0) is 32.1. The van der Waals surface area contributed by atoms with E-state index in [0.717, 1.165) is 11.1 Å². The van der Waals surface area contributed by atoms with E-state index in [2.05, 4.69) is 44.0 Å². The maximum Gasteiger partial charge on any atom is 0.422 e. The molecule has 2 aliphatic rings. The molecule has 0 N–H and O–H groups in total. The molecule has 2 amide bonds. The van der Waals surface area contributed by atoms with E-state index < -0.39 is 12.8 Å². The molecule has 2 aliphatic heterocycles. The number of carbonyl (C=O) groups excluding carboxylic acids is 1. The van der Waals surface area contributed by atoms with Crippen LogP contribution < -0.4 is 14.2 Å². The molecule has 242 valence electrons. The SMILES string of the molecule is COc1nc(OC)c(CN2C[C@@H]3CN(C(=O)N(C)C)CCN3[C@H](C(c3ccccc3)c3ccccc3)C2)c(OCC(F)(F)F)n1. The van der Waals surface area contributed by atoms with Gasteiger partial charge in [-0.05, 0) is 11.1 Å². The molecule has 45 heavy (non-hydrogen) atoms. The summed E-state index contributed by atoms with van der Waals surface area (Å²) in [5.41, 5.74) is 2.60. The van der Waals surface area contributed by atoms with E-state index >= 15 is 0 Å². The maximum atomic E-state index is 13.2. The first-order valence-corrected chi connectivity index (χ1v) is 14.8. The number of methoxy groups -OCH3 is 2. The minimum Gasteiger partial charge on any atom is -0.481 e. The molecule has 0 radical (unpaired) electrons. The standard InChI is InChI=1S/C32H39F3N6O4/c1-38(2)31(42)40-15-16-41-24(18-40)17-39(19-25-28(43-3)36-30(44-4)37-29(25)45-21-32(33,34)35)20-26(41)27(22-11-7-5-8-12-22)23-13-9-6-10-14-23/h5-14,24,26-27H,15-21H2,1-4H3/t24-,26+/m1/s1. The molecule has 0 saturated carbocycles. The van der Waals surface area contributed by atoms with E-state index in [-0.39, 0.29) is 48.3 Å². The molecule has 13 heteroatoms. The van der Waals surface area contributed by atoms with Crippen LogP contribution in [-0.2, 0) is 6.54 Å². The van der Waals surface area contributed by atoms with E-state index in [4.69, 9.17) is 14.2 Å². The number of ether oxygens (including phenoxy) is 3. The molecular formula is C32H39F3N6O4. The van der Waals surface area contributed by atoms with Crippen molar-refractivity contribution in [3.05, 3.63) is 77.4 Å². The lowest BCUT2D eigenvalue weighted by Gasteiger charge is -2.53. The van der Waals surface area contributed by atoms with Crippen molar-refractivity contribution in [2.75, 3.05) is 67.6 Å². The third-order valence-electron chi connectivity index (χ3n) is 8.26. The molecule has 3 heterocycles. The van der Waals surface area contributed by atoms with Gasteiger partial charge in [-0.1, -0.05) is 60.7 Å². The Labute approximate surface area is 261 Å². The molecule has 1 aromatic heterocycles. The molecule has 10 nitrogen and oxygen atoms in total. The molecule has 3 aromatic rings. The number of nitrogens with zero attached hydrogens (tertiary/aromatic N) is 6. The predicted octanol–water partition coefficient (Wildman–Crippen LogP) is 4.12. The summed E-state index contributed by atoms with van der Waals surface area (Å²) in [5.74, 6) is -0.178. The fourth-order valence-electron chi connectivity index (χ4n) is 6.36. The van der Waals surface area contributed by atoms with Crippen LogP contribution in [0.1, 0.15) is 22.6 Å². The lowest BCUT2D eigenvalue weighted by Crippen LogP contribution is -2.67. The van der Waals surface area contributed by atoms with Crippen LogP contribution in [0.3, 0.4) is 0 Å². The molecule has 5 rings (SSSR count). The van der Waals surface area contributed by atoms with Crippen LogP contribution in [-0.4, -0.2) is 122 Å². The van der Waals surface area contributed by atoms with Crippen molar-refractivity contribution >= 4 is 6.03 Å². The van der Waals surface area contributed by atoms with Crippen molar-refractivity contribution < 1.29 is 32.2 Å². The lowest BCUT2D eigenvalue weighted by molar-refractivity contribution is -0.154. The maximum absolute atomic E-state index is 13.2. The van der Waals surface area contributed by atoms with Crippen LogP contribution in [0.5, 0.6) is 17.8 Å². The Morgan fingerprint density at radius 2 is 1.53 bits per heavy atom. The molecule has 2 saturated heterocycles. The molecule has 0 spiro atoms. The Morgan fingerprint density at radius 1 is 0.911 bits per heavy atom. The number of benzene rings is 2. The highest BCUT2D eigenvalue weighted by atomic mass is 19.4. The summed E-state index contributed by atoms with van der Waals surface area (Å²) in [4.78, 5) is 29.5. The van der Waals surface area contributed by atoms with Crippen LogP contribution in [0.2, 0.25) is 0 Å². The summed E-state index contributed by atoms with van der Waals surface area (Å²) in [6.07, 6.45) is -4.57. The van der Waals surface area contributed by atoms with E-state index in [0.29, 0.717) is 38.3 Å². The summed E-state index contributed by atoms with van der Waals surface area (Å²) < 4.78 is 55.5. The number of alkyl halides is 3. The highest BCUT2D eigenvalue weighted by Crippen LogP contribution is 2.38. The summed E-state index contributed by atoms with van der Waals surface area (Å²) in [6, 6.07) is 20.3. The fraction of sp³-hybridized carbons (Fsp3) is 0.469. The average molecular weight is 629 g/mol. The number of fused-ring (bicyclic) bond motifs is 1. The van der Waals surface area contributed by atoms with Gasteiger partial charge in [-0.2, -0.15) is 23.1 Å². The third-order valence-corrected chi connectivity index (χ3v) is 8.26. The zero-order valence-corrected chi connectivity index (χ0v) is 25.9. The number of piperazine rings is 2. The van der Waals surface area contributed by atoms with Gasteiger partial charge in [0.15, 0.2) is 6.61 Å². The normalized spacial score (nSPS) is 19.2. The Bertz CT molecular complexity index is 1390. The highest BCUT2D eigenvalue weighted by molar-refractivity contribution is 5.74. The van der Waals surface area contributed by atoms with Crippen molar-refractivity contribution in [1.29, 1.82) is 0 Å². The highest BCUT2D eigenvalue weighted by Gasteiger charge is 2.43. The summed E-state index contributed by atoms with van der Waals surface area (Å²) >= 11 is 0. The second-order valence-corrected chi connectivity index (χ2v) is 11.5. The van der Waals surface area contributed by atoms with Gasteiger partial charge in [-0.25, -0.2) is 4.79 Å². The summed E-state index contributed by atoms with van der Waals surface area (Å²) in [7, 11) is 6.20. The monoisotopic (exact) mass is 628 g/mol. The first-order valence-electron chi connectivity index (χ1n) is 14.8. The first kappa shape index (κ1) is 32.3. The van der Waals surface area contributed by atoms with Gasteiger partial charge >= 0.3 is 18.2 Å². The second-order valence-electron chi connectivity index (χ2n) is 11.5. The molecule has 0 bridgehead atoms. The van der Waals surface area contributed by atoms with E-state index in [1.54, 1.807) is 19.0 Å². The molecular weight excluding hydrogens is 589 g/mol. The molecule has 0 unspecified atom stereocenters. The van der Waals surface area contributed by atoms with Crippen molar-refractivity contribution in [3.63, 3.8) is 0 Å². The van der Waals surface area contributed by atoms with Crippen molar-refractivity contribution in [2.45, 2.75) is 30.7 Å². The summed E-state index contributed by atoms with van der Waals surface area (Å²) in [6.45, 7) is 1.57. The van der Waals surface area contributed by atoms with Gasteiger partial charge in [-0.15, -0.1) is 0 Å². The zero-order valence-electron chi connectivity index (χ0n) is 25.9. The van der Waals surface area contributed by atoms with Gasteiger partial charge in [0, 0.05) is 71.4 Å². The van der Waals surface area contributed by atoms with Crippen LogP contribution in [0.15, 0.2) is 60.7 Å². The lowest BCUT2D eigenvalue weighted by atomic mass is 9.81. The van der Waals surface area contributed by atoms with Crippen molar-refractivity contribution in [3.8, 4) is 17.8 Å². The van der Waals surface area contributed by atoms with Crippen LogP contribution in [0, 0.1) is 0 Å². The molecule has 2 fully saturated rings. The second kappa shape index (κ2) is 13.9. The Hall–Kier alpha value is -4.10. The smallest absolute Gasteiger partial charge is 0.422 e.